The summed E-state index contributed by atoms with van der Waals surface area (Å²) in [7, 11) is 0. The van der Waals surface area contributed by atoms with Crippen LogP contribution in [0.5, 0.6) is 0 Å². The molecule has 7 nitrogen and oxygen atoms in total. The number of anilines is 2. The molecule has 0 saturated heterocycles. The molecule has 0 radical (unpaired) electrons. The average Bonchev–Trinajstić information content (AvgIpc) is 3.43. The number of nitrogens with zero attached hydrogens (tertiary/aromatic N) is 4. The third-order valence-electron chi connectivity index (χ3n) is 4.96. The highest BCUT2D eigenvalue weighted by molar-refractivity contribution is 7.13. The Labute approximate surface area is 181 Å². The van der Waals surface area contributed by atoms with Gasteiger partial charge in [0.05, 0.1) is 22.3 Å². The van der Waals surface area contributed by atoms with Crippen molar-refractivity contribution in [1.82, 2.24) is 19.7 Å². The molecule has 0 saturated carbocycles. The molecule has 4 aromatic rings. The van der Waals surface area contributed by atoms with E-state index in [9.17, 15) is 9.18 Å². The van der Waals surface area contributed by atoms with Gasteiger partial charge >= 0.3 is 0 Å². The first-order chi connectivity index (χ1) is 15.1. The van der Waals surface area contributed by atoms with Crippen molar-refractivity contribution >= 4 is 28.9 Å². The Bertz CT molecular complexity index is 1280. The minimum atomic E-state index is -0.782. The van der Waals surface area contributed by atoms with Gasteiger partial charge in [-0.1, -0.05) is 24.3 Å². The van der Waals surface area contributed by atoms with Crippen LogP contribution >= 0.6 is 11.3 Å². The van der Waals surface area contributed by atoms with E-state index >= 15 is 0 Å². The standard InChI is InChI=1S/C22H17FN6OS/c1-13-18(21(30)26-14-6-4-10-24-12-14)19(15-7-2-3-8-16(15)23)29-22(25-13)27-20(28-29)17-9-5-11-31-17/h2-12,19H,1H3,(H,26,30)(H,25,27,28). The number of rotatable bonds is 4. The van der Waals surface area contributed by atoms with Gasteiger partial charge in [-0.05, 0) is 36.6 Å². The van der Waals surface area contributed by atoms with Crippen molar-refractivity contribution in [3.8, 4) is 10.7 Å². The van der Waals surface area contributed by atoms with E-state index in [-0.39, 0.29) is 5.91 Å². The predicted molar refractivity (Wildman–Crippen MR) is 117 cm³/mol. The van der Waals surface area contributed by atoms with Gasteiger partial charge in [-0.15, -0.1) is 16.4 Å². The number of thiophene rings is 1. The van der Waals surface area contributed by atoms with Crippen LogP contribution in [0.25, 0.3) is 10.7 Å². The molecule has 3 aromatic heterocycles. The van der Waals surface area contributed by atoms with Crippen molar-refractivity contribution in [2.75, 3.05) is 10.6 Å². The smallest absolute Gasteiger partial charge is 0.255 e. The van der Waals surface area contributed by atoms with Crippen molar-refractivity contribution in [3.05, 3.63) is 89.0 Å². The number of carbonyl (C=O) groups is 1. The van der Waals surface area contributed by atoms with Crippen molar-refractivity contribution in [1.29, 1.82) is 0 Å². The first kappa shape index (κ1) is 19.1. The fourth-order valence-corrected chi connectivity index (χ4v) is 4.23. The Morgan fingerprint density at radius 1 is 1.19 bits per heavy atom. The number of benzene rings is 1. The van der Waals surface area contributed by atoms with E-state index in [1.54, 1.807) is 54.3 Å². The lowest BCUT2D eigenvalue weighted by molar-refractivity contribution is -0.113. The van der Waals surface area contributed by atoms with Gasteiger partial charge in [-0.3, -0.25) is 9.78 Å². The summed E-state index contributed by atoms with van der Waals surface area (Å²) >= 11 is 1.51. The third-order valence-corrected chi connectivity index (χ3v) is 5.82. The Morgan fingerprint density at radius 3 is 2.81 bits per heavy atom. The van der Waals surface area contributed by atoms with E-state index in [1.807, 2.05) is 17.5 Å². The summed E-state index contributed by atoms with van der Waals surface area (Å²) in [5.74, 6) is 0.172. The summed E-state index contributed by atoms with van der Waals surface area (Å²) in [5, 5.41) is 12.6. The number of aromatic nitrogens is 4. The van der Waals surface area contributed by atoms with E-state index in [4.69, 9.17) is 0 Å². The second-order valence-electron chi connectivity index (χ2n) is 6.96. The van der Waals surface area contributed by atoms with Gasteiger partial charge < -0.3 is 10.6 Å². The van der Waals surface area contributed by atoms with Gasteiger partial charge in [0.15, 0.2) is 5.82 Å². The van der Waals surface area contributed by atoms with E-state index in [2.05, 4.69) is 25.7 Å². The molecule has 1 atom stereocenters. The lowest BCUT2D eigenvalue weighted by atomic mass is 9.94. The van der Waals surface area contributed by atoms with Crippen LogP contribution < -0.4 is 10.6 Å². The Hall–Kier alpha value is -3.85. The second-order valence-corrected chi connectivity index (χ2v) is 7.91. The first-order valence-electron chi connectivity index (χ1n) is 9.56. The van der Waals surface area contributed by atoms with Crippen molar-refractivity contribution in [2.45, 2.75) is 13.0 Å². The number of hydrogen-bond donors (Lipinski definition) is 2. The number of hydrogen-bond acceptors (Lipinski definition) is 6. The number of carbonyl (C=O) groups excluding carboxylic acids is 1. The molecule has 154 valence electrons. The molecule has 0 bridgehead atoms. The zero-order chi connectivity index (χ0) is 21.4. The molecule has 0 spiro atoms. The molecule has 0 fully saturated rings. The predicted octanol–water partition coefficient (Wildman–Crippen LogP) is 4.47. The van der Waals surface area contributed by atoms with Crippen LogP contribution in [0.3, 0.4) is 0 Å². The van der Waals surface area contributed by atoms with Crippen LogP contribution in [0.2, 0.25) is 0 Å². The zero-order valence-electron chi connectivity index (χ0n) is 16.4. The van der Waals surface area contributed by atoms with Crippen molar-refractivity contribution in [2.24, 2.45) is 0 Å². The SMILES string of the molecule is CC1=C(C(=O)Nc2cccnc2)C(c2ccccc2F)n2nc(-c3cccs3)nc2N1. The number of amides is 1. The molecule has 5 rings (SSSR count). The topological polar surface area (TPSA) is 84.7 Å². The van der Waals surface area contributed by atoms with Gasteiger partial charge in [0.1, 0.15) is 11.9 Å². The molecule has 31 heavy (non-hydrogen) atoms. The highest BCUT2D eigenvalue weighted by atomic mass is 32.1. The lowest BCUT2D eigenvalue weighted by Gasteiger charge is -2.28. The van der Waals surface area contributed by atoms with Gasteiger partial charge in [-0.2, -0.15) is 4.98 Å². The molecule has 2 N–H and O–H groups in total. The lowest BCUT2D eigenvalue weighted by Crippen LogP contribution is -2.32. The van der Waals surface area contributed by atoms with E-state index in [0.717, 1.165) is 4.88 Å². The maximum atomic E-state index is 14.9. The molecule has 1 aliphatic rings. The van der Waals surface area contributed by atoms with Crippen molar-refractivity contribution < 1.29 is 9.18 Å². The quantitative estimate of drug-likeness (QED) is 0.497. The maximum Gasteiger partial charge on any atom is 0.255 e. The minimum absolute atomic E-state index is 0.337. The average molecular weight is 432 g/mol. The fourth-order valence-electron chi connectivity index (χ4n) is 3.57. The number of halogens is 1. The Morgan fingerprint density at radius 2 is 2.06 bits per heavy atom. The van der Waals surface area contributed by atoms with Crippen LogP contribution in [0.1, 0.15) is 18.5 Å². The molecular weight excluding hydrogens is 415 g/mol. The van der Waals surface area contributed by atoms with Crippen molar-refractivity contribution in [3.63, 3.8) is 0 Å². The third kappa shape index (κ3) is 3.49. The summed E-state index contributed by atoms with van der Waals surface area (Å²) in [6.45, 7) is 1.77. The molecular formula is C22H17FN6OS. The van der Waals surface area contributed by atoms with Crippen LogP contribution in [0.15, 0.2) is 77.6 Å². The molecule has 1 amide bonds. The largest absolute Gasteiger partial charge is 0.328 e. The van der Waals surface area contributed by atoms with Gasteiger partial charge in [-0.25, -0.2) is 9.07 Å². The summed E-state index contributed by atoms with van der Waals surface area (Å²) in [6.07, 6.45) is 3.18. The number of fused-ring (bicyclic) bond motifs is 1. The van der Waals surface area contributed by atoms with Crippen LogP contribution in [0, 0.1) is 5.82 Å². The van der Waals surface area contributed by atoms with E-state index < -0.39 is 11.9 Å². The number of allylic oxidation sites excluding steroid dienone is 1. The van der Waals surface area contributed by atoms with E-state index in [1.165, 1.54) is 17.4 Å². The zero-order valence-corrected chi connectivity index (χ0v) is 17.2. The van der Waals surface area contributed by atoms with Gasteiger partial charge in [0.2, 0.25) is 5.95 Å². The minimum Gasteiger partial charge on any atom is -0.328 e. The first-order valence-corrected chi connectivity index (χ1v) is 10.4. The molecule has 1 unspecified atom stereocenters. The van der Waals surface area contributed by atoms with Gasteiger partial charge in [0, 0.05) is 17.5 Å². The highest BCUT2D eigenvalue weighted by Gasteiger charge is 2.36. The monoisotopic (exact) mass is 432 g/mol. The number of nitrogens with one attached hydrogen (secondary N) is 2. The normalized spacial score (nSPS) is 15.4. The second kappa shape index (κ2) is 7.77. The number of pyridine rings is 1. The van der Waals surface area contributed by atoms with Crippen LogP contribution in [-0.2, 0) is 4.79 Å². The molecule has 4 heterocycles. The molecule has 1 aliphatic heterocycles. The summed E-state index contributed by atoms with van der Waals surface area (Å²) in [6, 6.07) is 12.9. The summed E-state index contributed by atoms with van der Waals surface area (Å²) < 4.78 is 16.5. The Balaban J connectivity index is 1.63. The Kier molecular flexibility index (Phi) is 4.79. The molecule has 0 aliphatic carbocycles. The summed E-state index contributed by atoms with van der Waals surface area (Å²) in [5.41, 5.74) is 1.81. The van der Waals surface area contributed by atoms with Gasteiger partial charge in [0.25, 0.3) is 5.91 Å². The summed E-state index contributed by atoms with van der Waals surface area (Å²) in [4.78, 5) is 22.8. The molecule has 1 aromatic carbocycles. The van der Waals surface area contributed by atoms with Crippen LogP contribution in [0.4, 0.5) is 16.0 Å². The molecule has 9 heteroatoms. The highest BCUT2D eigenvalue weighted by Crippen LogP contribution is 2.38. The maximum absolute atomic E-state index is 14.9. The fraction of sp³-hybridized carbons (Fsp3) is 0.0909. The van der Waals surface area contributed by atoms with Crippen LogP contribution in [-0.4, -0.2) is 25.7 Å². The van der Waals surface area contributed by atoms with E-state index in [0.29, 0.717) is 34.3 Å².